The zero-order valence-corrected chi connectivity index (χ0v) is 22.5. The van der Waals surface area contributed by atoms with E-state index in [1.54, 1.807) is 48.5 Å². The molecule has 8 heteroatoms. The van der Waals surface area contributed by atoms with Gasteiger partial charge in [-0.1, -0.05) is 60.7 Å². The Labute approximate surface area is 242 Å². The largest absolute Gasteiger partial charge is 0.489 e. The molecule has 210 valence electrons. The molecular formula is C34H28N2O6. The number of carbonyl (C=O) groups is 2. The van der Waals surface area contributed by atoms with Gasteiger partial charge in [-0.2, -0.15) is 0 Å². The quantitative estimate of drug-likeness (QED) is 0.122. The molecule has 42 heavy (non-hydrogen) atoms. The van der Waals surface area contributed by atoms with Gasteiger partial charge in [0.1, 0.15) is 24.7 Å². The molecule has 0 bridgehead atoms. The lowest BCUT2D eigenvalue weighted by Crippen LogP contribution is -2.10. The zero-order chi connectivity index (χ0) is 29.3. The predicted octanol–water partition coefficient (Wildman–Crippen LogP) is 7.73. The first-order valence-electron chi connectivity index (χ1n) is 13.2. The summed E-state index contributed by atoms with van der Waals surface area (Å²) in [4.78, 5) is 23.8. The highest BCUT2D eigenvalue weighted by Crippen LogP contribution is 2.33. The van der Waals surface area contributed by atoms with E-state index in [1.165, 1.54) is 12.1 Å². The van der Waals surface area contributed by atoms with Crippen molar-refractivity contribution in [2.24, 2.45) is 0 Å². The van der Waals surface area contributed by atoms with Crippen molar-refractivity contribution in [2.45, 2.75) is 13.2 Å². The molecule has 0 amide bonds. The lowest BCUT2D eigenvalue weighted by Gasteiger charge is -2.17. The topological polar surface area (TPSA) is 117 Å². The van der Waals surface area contributed by atoms with Crippen molar-refractivity contribution >= 4 is 34.7 Å². The Morgan fingerprint density at radius 2 is 0.881 bits per heavy atom. The lowest BCUT2D eigenvalue weighted by molar-refractivity contribution is 0.0651. The van der Waals surface area contributed by atoms with Crippen LogP contribution in [0.1, 0.15) is 31.8 Å². The molecule has 0 aliphatic carbocycles. The van der Waals surface area contributed by atoms with E-state index in [0.717, 1.165) is 11.1 Å². The number of ether oxygens (including phenoxy) is 2. The van der Waals surface area contributed by atoms with Gasteiger partial charge >= 0.3 is 11.9 Å². The monoisotopic (exact) mass is 560 g/mol. The van der Waals surface area contributed by atoms with Crippen LogP contribution in [-0.4, -0.2) is 22.2 Å². The summed E-state index contributed by atoms with van der Waals surface area (Å²) in [5.41, 5.74) is 3.53. The van der Waals surface area contributed by atoms with E-state index in [4.69, 9.17) is 9.47 Å². The molecule has 5 aromatic rings. The van der Waals surface area contributed by atoms with Crippen LogP contribution in [0.2, 0.25) is 0 Å². The third-order valence-electron chi connectivity index (χ3n) is 6.38. The fraction of sp³-hybridized carbons (Fsp3) is 0.0588. The molecule has 0 radical (unpaired) electrons. The van der Waals surface area contributed by atoms with E-state index in [0.29, 0.717) is 47.5 Å². The minimum atomic E-state index is -1.34. The average Bonchev–Trinajstić information content (AvgIpc) is 3.02. The van der Waals surface area contributed by atoms with Gasteiger partial charge in [-0.05, 0) is 71.8 Å². The Balaban J connectivity index is 1.34. The molecular weight excluding hydrogens is 532 g/mol. The Morgan fingerprint density at radius 3 is 1.21 bits per heavy atom. The number of hydrogen-bond acceptors (Lipinski definition) is 6. The van der Waals surface area contributed by atoms with Crippen LogP contribution in [0, 0.1) is 0 Å². The van der Waals surface area contributed by atoms with E-state index < -0.39 is 11.9 Å². The Bertz CT molecular complexity index is 1530. The lowest BCUT2D eigenvalue weighted by atomic mass is 10.0. The molecule has 8 nitrogen and oxygen atoms in total. The van der Waals surface area contributed by atoms with E-state index in [9.17, 15) is 19.8 Å². The summed E-state index contributed by atoms with van der Waals surface area (Å²) in [6, 6.07) is 36.7. The second-order valence-electron chi connectivity index (χ2n) is 9.40. The number of carboxylic acids is 2. The van der Waals surface area contributed by atoms with Crippen LogP contribution >= 0.6 is 0 Å². The fourth-order valence-electron chi connectivity index (χ4n) is 4.22. The Morgan fingerprint density at radius 1 is 0.524 bits per heavy atom. The van der Waals surface area contributed by atoms with Gasteiger partial charge in [0.2, 0.25) is 0 Å². The van der Waals surface area contributed by atoms with Gasteiger partial charge in [-0.15, -0.1) is 0 Å². The maximum absolute atomic E-state index is 11.9. The van der Waals surface area contributed by atoms with Crippen LogP contribution in [0.25, 0.3) is 0 Å². The number of aromatic carboxylic acids is 2. The van der Waals surface area contributed by atoms with Crippen LogP contribution in [0.3, 0.4) is 0 Å². The number of rotatable bonds is 12. The van der Waals surface area contributed by atoms with E-state index in [-0.39, 0.29) is 11.1 Å². The molecule has 0 saturated carbocycles. The second-order valence-corrected chi connectivity index (χ2v) is 9.40. The van der Waals surface area contributed by atoms with Crippen molar-refractivity contribution in [3.05, 3.63) is 144 Å². The van der Waals surface area contributed by atoms with Crippen LogP contribution in [0.4, 0.5) is 22.7 Å². The molecule has 4 N–H and O–H groups in total. The number of benzene rings is 5. The first kappa shape index (κ1) is 27.8. The molecule has 0 fully saturated rings. The van der Waals surface area contributed by atoms with Crippen LogP contribution < -0.4 is 20.1 Å². The van der Waals surface area contributed by atoms with Gasteiger partial charge < -0.3 is 30.3 Å². The maximum atomic E-state index is 11.9. The SMILES string of the molecule is O=C(O)c1cc(Nc2ccc(OCc3ccccc3)cc2)c(Nc2ccc(OCc3ccccc3)cc2)cc1C(=O)O. The molecule has 0 atom stereocenters. The molecule has 5 rings (SSSR count). The molecule has 0 aromatic heterocycles. The number of carboxylic acid groups (broad SMARTS) is 2. The normalized spacial score (nSPS) is 10.5. The summed E-state index contributed by atoms with van der Waals surface area (Å²) < 4.78 is 11.7. The zero-order valence-electron chi connectivity index (χ0n) is 22.5. The van der Waals surface area contributed by atoms with Crippen LogP contribution in [-0.2, 0) is 13.2 Å². The third kappa shape index (κ3) is 7.25. The molecule has 0 unspecified atom stereocenters. The van der Waals surface area contributed by atoms with Crippen molar-refractivity contribution in [3.8, 4) is 11.5 Å². The van der Waals surface area contributed by atoms with Crippen molar-refractivity contribution in [1.82, 2.24) is 0 Å². The second kappa shape index (κ2) is 13.1. The highest BCUT2D eigenvalue weighted by molar-refractivity contribution is 6.04. The molecule has 0 aliphatic rings. The molecule has 0 heterocycles. The van der Waals surface area contributed by atoms with Gasteiger partial charge in [0, 0.05) is 11.4 Å². The molecule has 0 spiro atoms. The summed E-state index contributed by atoms with van der Waals surface area (Å²) in [6.45, 7) is 0.854. The van der Waals surface area contributed by atoms with E-state index >= 15 is 0 Å². The first-order valence-corrected chi connectivity index (χ1v) is 13.2. The summed E-state index contributed by atoms with van der Waals surface area (Å²) in [5.74, 6) is -1.34. The van der Waals surface area contributed by atoms with Crippen molar-refractivity contribution in [2.75, 3.05) is 10.6 Å². The van der Waals surface area contributed by atoms with Crippen LogP contribution in [0.15, 0.2) is 121 Å². The van der Waals surface area contributed by atoms with Crippen molar-refractivity contribution in [3.63, 3.8) is 0 Å². The van der Waals surface area contributed by atoms with E-state index in [1.807, 2.05) is 60.7 Å². The molecule has 5 aromatic carbocycles. The number of nitrogens with one attached hydrogen (secondary N) is 2. The van der Waals surface area contributed by atoms with Gasteiger partial charge in [0.15, 0.2) is 0 Å². The summed E-state index contributed by atoms with van der Waals surface area (Å²) in [5, 5.41) is 25.8. The standard InChI is InChI=1S/C34H28N2O6/c37-33(38)29-19-31(35-25-11-15-27(16-12-25)41-21-23-7-3-1-4-8-23)32(20-30(29)34(39)40)36-26-13-17-28(18-14-26)42-22-24-9-5-2-6-10-24/h1-20,35-36H,21-22H2,(H,37,38)(H,39,40). The summed E-state index contributed by atoms with van der Waals surface area (Å²) in [6.07, 6.45) is 0. The fourth-order valence-corrected chi connectivity index (χ4v) is 4.22. The Hall–Kier alpha value is -5.76. The number of hydrogen-bond donors (Lipinski definition) is 4. The van der Waals surface area contributed by atoms with Crippen molar-refractivity contribution in [1.29, 1.82) is 0 Å². The van der Waals surface area contributed by atoms with Crippen molar-refractivity contribution < 1.29 is 29.3 Å². The summed E-state index contributed by atoms with van der Waals surface area (Å²) in [7, 11) is 0. The van der Waals surface area contributed by atoms with Gasteiger partial charge in [-0.25, -0.2) is 9.59 Å². The highest BCUT2D eigenvalue weighted by atomic mass is 16.5. The Kier molecular flexibility index (Phi) is 8.64. The van der Waals surface area contributed by atoms with Gasteiger partial charge in [-0.3, -0.25) is 0 Å². The average molecular weight is 561 g/mol. The van der Waals surface area contributed by atoms with Gasteiger partial charge in [0.25, 0.3) is 0 Å². The number of anilines is 4. The minimum Gasteiger partial charge on any atom is -0.489 e. The highest BCUT2D eigenvalue weighted by Gasteiger charge is 2.20. The molecule has 0 saturated heterocycles. The smallest absolute Gasteiger partial charge is 0.336 e. The first-order chi connectivity index (χ1) is 20.4. The maximum Gasteiger partial charge on any atom is 0.336 e. The van der Waals surface area contributed by atoms with Gasteiger partial charge in [0.05, 0.1) is 22.5 Å². The molecule has 0 aliphatic heterocycles. The predicted molar refractivity (Wildman–Crippen MR) is 161 cm³/mol. The van der Waals surface area contributed by atoms with E-state index in [2.05, 4.69) is 10.6 Å². The summed E-state index contributed by atoms with van der Waals surface area (Å²) >= 11 is 0. The third-order valence-corrected chi connectivity index (χ3v) is 6.38. The van der Waals surface area contributed by atoms with Crippen LogP contribution in [0.5, 0.6) is 11.5 Å². The minimum absolute atomic E-state index is 0.331.